The number of aliphatic carboxylic acids is 1. The first-order valence-corrected chi connectivity index (χ1v) is 11.4. The van der Waals surface area contributed by atoms with Gasteiger partial charge in [0.15, 0.2) is 0 Å². The van der Waals surface area contributed by atoms with Crippen LogP contribution in [0.5, 0.6) is 0 Å². The van der Waals surface area contributed by atoms with E-state index in [1.54, 1.807) is 18.7 Å². The summed E-state index contributed by atoms with van der Waals surface area (Å²) in [6, 6.07) is 15.8. The highest BCUT2D eigenvalue weighted by molar-refractivity contribution is 5.90. The van der Waals surface area contributed by atoms with E-state index in [1.807, 2.05) is 36.4 Å². The summed E-state index contributed by atoms with van der Waals surface area (Å²) in [5.74, 6) is -1.28. The van der Waals surface area contributed by atoms with Gasteiger partial charge in [0.1, 0.15) is 12.1 Å². The molecule has 0 unspecified atom stereocenters. The molecule has 174 valence electrons. The van der Waals surface area contributed by atoms with Crippen molar-refractivity contribution >= 4 is 18.0 Å². The van der Waals surface area contributed by atoms with Crippen molar-refractivity contribution in [3.63, 3.8) is 0 Å². The first kappa shape index (κ1) is 22.8. The molecule has 0 saturated carbocycles. The van der Waals surface area contributed by atoms with E-state index < -0.39 is 17.6 Å². The number of likely N-dealkylation sites (tertiary alicyclic amines) is 1. The van der Waals surface area contributed by atoms with Crippen LogP contribution in [0.1, 0.15) is 56.6 Å². The number of carboxylic acid groups (broad SMARTS) is 1. The second-order valence-corrected chi connectivity index (χ2v) is 9.32. The van der Waals surface area contributed by atoms with Gasteiger partial charge in [0.05, 0.1) is 6.42 Å². The van der Waals surface area contributed by atoms with Gasteiger partial charge in [0.25, 0.3) is 0 Å². The van der Waals surface area contributed by atoms with Crippen molar-refractivity contribution in [1.82, 2.24) is 10.2 Å². The lowest BCUT2D eigenvalue weighted by Gasteiger charge is -2.39. The molecule has 0 bridgehead atoms. The fourth-order valence-corrected chi connectivity index (χ4v) is 4.98. The van der Waals surface area contributed by atoms with Gasteiger partial charge in [-0.05, 0) is 55.4 Å². The van der Waals surface area contributed by atoms with E-state index in [0.29, 0.717) is 13.0 Å². The maximum absolute atomic E-state index is 13.2. The minimum Gasteiger partial charge on any atom is -0.481 e. The molecule has 1 fully saturated rings. The van der Waals surface area contributed by atoms with Gasteiger partial charge in [0.2, 0.25) is 5.91 Å². The third kappa shape index (κ3) is 4.72. The molecule has 7 heteroatoms. The largest absolute Gasteiger partial charge is 0.481 e. The monoisotopic (exact) mass is 450 g/mol. The minimum atomic E-state index is -1.21. The summed E-state index contributed by atoms with van der Waals surface area (Å²) in [7, 11) is 0. The predicted molar refractivity (Wildman–Crippen MR) is 124 cm³/mol. The van der Waals surface area contributed by atoms with Crippen molar-refractivity contribution in [1.29, 1.82) is 0 Å². The van der Waals surface area contributed by atoms with Gasteiger partial charge in [0, 0.05) is 18.5 Å². The number of ether oxygens (including phenoxy) is 1. The molecular formula is C26H30N2O5. The van der Waals surface area contributed by atoms with Crippen LogP contribution in [-0.4, -0.2) is 52.7 Å². The Morgan fingerprint density at radius 1 is 1.03 bits per heavy atom. The van der Waals surface area contributed by atoms with Crippen LogP contribution in [0.2, 0.25) is 0 Å². The van der Waals surface area contributed by atoms with Gasteiger partial charge >= 0.3 is 12.1 Å². The molecular weight excluding hydrogens is 420 g/mol. The maximum atomic E-state index is 13.2. The summed E-state index contributed by atoms with van der Waals surface area (Å²) in [6.07, 6.45) is 1.61. The second-order valence-electron chi connectivity index (χ2n) is 9.32. The number of carboxylic acids is 1. The third-order valence-electron chi connectivity index (χ3n) is 6.59. The third-order valence-corrected chi connectivity index (χ3v) is 6.59. The number of nitrogens with one attached hydrogen (secondary N) is 1. The molecule has 2 aromatic carbocycles. The molecule has 0 radical (unpaired) electrons. The Morgan fingerprint density at radius 3 is 2.24 bits per heavy atom. The number of alkyl carbamates (subject to hydrolysis) is 1. The Bertz CT molecular complexity index is 1020. The van der Waals surface area contributed by atoms with Crippen LogP contribution in [0.3, 0.4) is 0 Å². The van der Waals surface area contributed by atoms with Gasteiger partial charge in [-0.15, -0.1) is 0 Å². The lowest BCUT2D eigenvalue weighted by molar-refractivity contribution is -0.145. The number of rotatable bonds is 6. The zero-order valence-electron chi connectivity index (χ0n) is 19.0. The number of amides is 2. The highest BCUT2D eigenvalue weighted by Gasteiger charge is 2.39. The Labute approximate surface area is 193 Å². The first-order valence-electron chi connectivity index (χ1n) is 11.4. The van der Waals surface area contributed by atoms with Crippen molar-refractivity contribution in [3.8, 4) is 11.1 Å². The topological polar surface area (TPSA) is 95.9 Å². The standard InChI is InChI=1S/C26H30N2O5/c1-26(2,24(31)28-14-8-7-9-17(28)15-23(29)30)27-25(32)33-16-22-20-12-5-3-10-18(20)19-11-4-6-13-21(19)22/h3-6,10-13,17,22H,7-9,14-16H2,1-2H3,(H,27,32)(H,29,30)/t17-/m0/s1. The van der Waals surface area contributed by atoms with Crippen molar-refractivity contribution < 1.29 is 24.2 Å². The number of benzene rings is 2. The normalized spacial score (nSPS) is 17.8. The predicted octanol–water partition coefficient (Wildman–Crippen LogP) is 4.16. The summed E-state index contributed by atoms with van der Waals surface area (Å²) < 4.78 is 5.59. The lowest BCUT2D eigenvalue weighted by atomic mass is 9.95. The molecule has 0 spiro atoms. The highest BCUT2D eigenvalue weighted by atomic mass is 16.5. The van der Waals surface area contributed by atoms with Crippen LogP contribution < -0.4 is 5.32 Å². The molecule has 2 aliphatic rings. The van der Waals surface area contributed by atoms with E-state index in [0.717, 1.165) is 35.1 Å². The smallest absolute Gasteiger partial charge is 0.408 e. The van der Waals surface area contributed by atoms with Crippen LogP contribution in [0.4, 0.5) is 4.79 Å². The number of hydrogen-bond donors (Lipinski definition) is 2. The number of carbonyl (C=O) groups excluding carboxylic acids is 2. The Morgan fingerprint density at radius 2 is 1.64 bits per heavy atom. The summed E-state index contributed by atoms with van der Waals surface area (Å²) >= 11 is 0. The molecule has 1 saturated heterocycles. The Hall–Kier alpha value is -3.35. The molecule has 1 heterocycles. The Kier molecular flexibility index (Phi) is 6.40. The molecule has 1 aliphatic carbocycles. The van der Waals surface area contributed by atoms with E-state index in [-0.39, 0.29) is 30.9 Å². The van der Waals surface area contributed by atoms with Crippen LogP contribution >= 0.6 is 0 Å². The van der Waals surface area contributed by atoms with E-state index in [2.05, 4.69) is 17.4 Å². The summed E-state index contributed by atoms with van der Waals surface area (Å²) in [5, 5.41) is 11.9. The number of hydrogen-bond acceptors (Lipinski definition) is 4. The van der Waals surface area contributed by atoms with Gasteiger partial charge in [-0.3, -0.25) is 9.59 Å². The molecule has 2 N–H and O–H groups in total. The molecule has 1 aliphatic heterocycles. The molecule has 2 aromatic rings. The SMILES string of the molecule is CC(C)(NC(=O)OCC1c2ccccc2-c2ccccc21)C(=O)N1CCCC[C@H]1CC(=O)O. The molecule has 1 atom stereocenters. The minimum absolute atomic E-state index is 0.0657. The first-order chi connectivity index (χ1) is 15.8. The van der Waals surface area contributed by atoms with E-state index in [9.17, 15) is 19.5 Å². The number of fused-ring (bicyclic) bond motifs is 3. The van der Waals surface area contributed by atoms with Gasteiger partial charge in [-0.25, -0.2) is 4.79 Å². The Balaban J connectivity index is 1.41. The van der Waals surface area contributed by atoms with Crippen LogP contribution in [0, 0.1) is 0 Å². The summed E-state index contributed by atoms with van der Waals surface area (Å²) in [6.45, 7) is 3.91. The van der Waals surface area contributed by atoms with Crippen LogP contribution in [0.15, 0.2) is 48.5 Å². The van der Waals surface area contributed by atoms with Crippen molar-refractivity contribution in [3.05, 3.63) is 59.7 Å². The quantitative estimate of drug-likeness (QED) is 0.689. The molecule has 2 amide bonds. The number of carbonyl (C=O) groups is 3. The van der Waals surface area contributed by atoms with Crippen LogP contribution in [-0.2, 0) is 14.3 Å². The molecule has 33 heavy (non-hydrogen) atoms. The maximum Gasteiger partial charge on any atom is 0.408 e. The van der Waals surface area contributed by atoms with Crippen molar-refractivity contribution in [2.24, 2.45) is 0 Å². The summed E-state index contributed by atoms with van der Waals surface area (Å²) in [5.41, 5.74) is 3.31. The van der Waals surface area contributed by atoms with Gasteiger partial charge < -0.3 is 20.1 Å². The van der Waals surface area contributed by atoms with Crippen molar-refractivity contribution in [2.45, 2.75) is 57.0 Å². The highest BCUT2D eigenvalue weighted by Crippen LogP contribution is 2.44. The summed E-state index contributed by atoms with van der Waals surface area (Å²) in [4.78, 5) is 38.7. The van der Waals surface area contributed by atoms with E-state index >= 15 is 0 Å². The second kappa shape index (κ2) is 9.25. The molecule has 7 nitrogen and oxygen atoms in total. The van der Waals surface area contributed by atoms with Crippen molar-refractivity contribution in [2.75, 3.05) is 13.2 Å². The average molecular weight is 451 g/mol. The molecule has 4 rings (SSSR count). The van der Waals surface area contributed by atoms with Gasteiger partial charge in [-0.2, -0.15) is 0 Å². The fourth-order valence-electron chi connectivity index (χ4n) is 4.98. The molecule has 0 aromatic heterocycles. The van der Waals surface area contributed by atoms with E-state index in [1.165, 1.54) is 0 Å². The average Bonchev–Trinajstić information content (AvgIpc) is 3.11. The lowest BCUT2D eigenvalue weighted by Crippen LogP contribution is -2.59. The van der Waals surface area contributed by atoms with Gasteiger partial charge in [-0.1, -0.05) is 48.5 Å². The zero-order valence-corrected chi connectivity index (χ0v) is 19.0. The zero-order chi connectivity index (χ0) is 23.6. The fraction of sp³-hybridized carbons (Fsp3) is 0.423. The van der Waals surface area contributed by atoms with E-state index in [4.69, 9.17) is 4.74 Å². The van der Waals surface area contributed by atoms with Crippen LogP contribution in [0.25, 0.3) is 11.1 Å². The number of nitrogens with zero attached hydrogens (tertiary/aromatic N) is 1. The number of piperidine rings is 1.